The van der Waals surface area contributed by atoms with E-state index in [1.807, 2.05) is 36.4 Å². The van der Waals surface area contributed by atoms with E-state index in [0.717, 1.165) is 23.5 Å². The summed E-state index contributed by atoms with van der Waals surface area (Å²) in [6, 6.07) is 57.3. The van der Waals surface area contributed by atoms with Crippen LogP contribution in [0.3, 0.4) is 0 Å². The van der Waals surface area contributed by atoms with Crippen LogP contribution in [-0.4, -0.2) is 0 Å². The van der Waals surface area contributed by atoms with Crippen LogP contribution in [-0.2, 0) is 11.8 Å². The normalized spacial score (nSPS) is 13.0. The second kappa shape index (κ2) is 11.4. The van der Waals surface area contributed by atoms with Crippen LogP contribution in [0.2, 0.25) is 0 Å². The number of nitrogen functional groups attached to an aromatic ring is 3. The molecule has 0 unspecified atom stereocenters. The Morgan fingerprint density at radius 2 is 0.787 bits per heavy atom. The molecular formula is C44H35N3. The lowest BCUT2D eigenvalue weighted by Crippen LogP contribution is -2.28. The lowest BCUT2D eigenvalue weighted by Gasteiger charge is -2.34. The van der Waals surface area contributed by atoms with Gasteiger partial charge < -0.3 is 17.2 Å². The van der Waals surface area contributed by atoms with Crippen LogP contribution in [0, 0.1) is 0 Å². The van der Waals surface area contributed by atoms with Gasteiger partial charge in [0, 0.05) is 17.1 Å². The van der Waals surface area contributed by atoms with Gasteiger partial charge in [-0.05, 0) is 110 Å². The summed E-state index contributed by atoms with van der Waals surface area (Å²) in [5.41, 5.74) is 35.5. The first-order valence-electron chi connectivity index (χ1n) is 16.0. The first-order valence-corrected chi connectivity index (χ1v) is 16.0. The van der Waals surface area contributed by atoms with Crippen LogP contribution in [0.15, 0.2) is 164 Å². The summed E-state index contributed by atoms with van der Waals surface area (Å²) < 4.78 is 0. The maximum absolute atomic E-state index is 6.00. The molecule has 0 heterocycles. The minimum Gasteiger partial charge on any atom is -0.399 e. The van der Waals surface area contributed by atoms with Crippen LogP contribution in [0.1, 0.15) is 33.4 Å². The molecule has 0 bridgehead atoms. The topological polar surface area (TPSA) is 78.1 Å². The summed E-state index contributed by atoms with van der Waals surface area (Å²) in [5, 5.41) is 0. The summed E-state index contributed by atoms with van der Waals surface area (Å²) in [5.74, 6) is 0. The quantitative estimate of drug-likeness (QED) is 0.175. The summed E-state index contributed by atoms with van der Waals surface area (Å²) in [7, 11) is 0. The third-order valence-electron chi connectivity index (χ3n) is 9.71. The Kier molecular flexibility index (Phi) is 6.88. The maximum Gasteiger partial charge on any atom is 0.0713 e. The van der Waals surface area contributed by atoms with Crippen molar-refractivity contribution in [3.8, 4) is 33.4 Å². The molecule has 0 spiro atoms. The van der Waals surface area contributed by atoms with Crippen molar-refractivity contribution in [2.75, 3.05) is 17.2 Å². The molecule has 226 valence electrons. The molecule has 7 aromatic rings. The molecular weight excluding hydrogens is 571 g/mol. The second-order valence-corrected chi connectivity index (χ2v) is 12.4. The van der Waals surface area contributed by atoms with Gasteiger partial charge in [-0.1, -0.05) is 127 Å². The van der Waals surface area contributed by atoms with Gasteiger partial charge in [-0.3, -0.25) is 0 Å². The summed E-state index contributed by atoms with van der Waals surface area (Å²) in [4.78, 5) is 0. The van der Waals surface area contributed by atoms with Gasteiger partial charge >= 0.3 is 0 Å². The van der Waals surface area contributed by atoms with Gasteiger partial charge in [0.1, 0.15) is 0 Å². The van der Waals surface area contributed by atoms with Gasteiger partial charge in [0.2, 0.25) is 0 Å². The number of hydrogen-bond donors (Lipinski definition) is 3. The van der Waals surface area contributed by atoms with Crippen molar-refractivity contribution in [1.82, 2.24) is 0 Å². The van der Waals surface area contributed by atoms with E-state index >= 15 is 0 Å². The van der Waals surface area contributed by atoms with Crippen LogP contribution < -0.4 is 17.2 Å². The molecule has 3 nitrogen and oxygen atoms in total. The van der Waals surface area contributed by atoms with Crippen LogP contribution in [0.25, 0.3) is 33.4 Å². The Labute approximate surface area is 276 Å². The van der Waals surface area contributed by atoms with Crippen LogP contribution >= 0.6 is 0 Å². The van der Waals surface area contributed by atoms with E-state index in [-0.39, 0.29) is 5.41 Å². The molecule has 9 rings (SSSR count). The Morgan fingerprint density at radius 1 is 0.362 bits per heavy atom. The number of benzene rings is 7. The molecule has 0 atom stereocenters. The van der Waals surface area contributed by atoms with Gasteiger partial charge in [-0.25, -0.2) is 0 Å². The molecule has 0 aliphatic heterocycles. The number of fused-ring (bicyclic) bond motifs is 6. The fraction of sp³-hybridized carbons (Fsp3) is 0.0455. The Balaban J connectivity index is 0.000000144. The van der Waals surface area contributed by atoms with Gasteiger partial charge in [-0.15, -0.1) is 0 Å². The number of rotatable bonds is 3. The van der Waals surface area contributed by atoms with E-state index in [1.54, 1.807) is 0 Å². The predicted octanol–water partition coefficient (Wildman–Crippen LogP) is 9.72. The van der Waals surface area contributed by atoms with Crippen LogP contribution in [0.4, 0.5) is 17.1 Å². The van der Waals surface area contributed by atoms with E-state index in [2.05, 4.69) is 127 Å². The predicted molar refractivity (Wildman–Crippen MR) is 197 cm³/mol. The van der Waals surface area contributed by atoms with Gasteiger partial charge in [0.25, 0.3) is 0 Å². The lowest BCUT2D eigenvalue weighted by molar-refractivity contribution is 0.769. The highest BCUT2D eigenvalue weighted by molar-refractivity contribution is 5.87. The minimum absolute atomic E-state index is 0.380. The average Bonchev–Trinajstić information content (AvgIpc) is 3.64. The number of hydrogen-bond acceptors (Lipinski definition) is 3. The highest BCUT2D eigenvalue weighted by Gasteiger charge is 2.45. The van der Waals surface area contributed by atoms with E-state index < -0.39 is 0 Å². The molecule has 0 radical (unpaired) electrons. The standard InChI is InChI=1S/C25H20N2.C19H15N/c26-19-13-9-17(10-14-19)25(18-11-15-20(27)16-12-18)23-7-3-1-5-21(23)22-6-2-4-8-24(22)25;20-15-10-8-13(9-11-15)16-6-3-7-18-17-5-2-1-4-14(17)12-19(16)18/h1-16H,26-27H2;1-11H,12,20H2. The smallest absolute Gasteiger partial charge is 0.0713 e. The van der Waals surface area contributed by atoms with Crippen molar-refractivity contribution in [3.63, 3.8) is 0 Å². The molecule has 0 saturated carbocycles. The van der Waals surface area contributed by atoms with E-state index in [4.69, 9.17) is 17.2 Å². The van der Waals surface area contributed by atoms with Crippen LogP contribution in [0.5, 0.6) is 0 Å². The molecule has 0 fully saturated rings. The monoisotopic (exact) mass is 605 g/mol. The van der Waals surface area contributed by atoms with E-state index in [0.29, 0.717) is 0 Å². The van der Waals surface area contributed by atoms with Crippen molar-refractivity contribution in [3.05, 3.63) is 197 Å². The van der Waals surface area contributed by atoms with Gasteiger partial charge in [-0.2, -0.15) is 0 Å². The fourth-order valence-corrected chi connectivity index (χ4v) is 7.58. The lowest BCUT2D eigenvalue weighted by atomic mass is 9.67. The molecule has 3 heteroatoms. The highest BCUT2D eigenvalue weighted by Crippen LogP contribution is 2.56. The van der Waals surface area contributed by atoms with Crippen molar-refractivity contribution in [1.29, 1.82) is 0 Å². The van der Waals surface area contributed by atoms with E-state index in [9.17, 15) is 0 Å². The summed E-state index contributed by atoms with van der Waals surface area (Å²) >= 11 is 0. The fourth-order valence-electron chi connectivity index (χ4n) is 7.58. The molecule has 2 aliphatic carbocycles. The second-order valence-electron chi connectivity index (χ2n) is 12.4. The number of nitrogens with two attached hydrogens (primary N) is 3. The first-order chi connectivity index (χ1) is 23.0. The van der Waals surface area contributed by atoms with Crippen molar-refractivity contribution in [2.45, 2.75) is 11.8 Å². The van der Waals surface area contributed by atoms with Gasteiger partial charge in [0.05, 0.1) is 5.41 Å². The zero-order chi connectivity index (χ0) is 32.0. The van der Waals surface area contributed by atoms with Crippen molar-refractivity contribution < 1.29 is 0 Å². The molecule has 47 heavy (non-hydrogen) atoms. The first kappa shape index (κ1) is 28.4. The zero-order valence-corrected chi connectivity index (χ0v) is 26.0. The highest BCUT2D eigenvalue weighted by atomic mass is 14.6. The SMILES string of the molecule is Nc1ccc(-c2cccc3c2Cc2ccccc2-3)cc1.Nc1ccc(C2(c3ccc(N)cc3)c3ccccc3-c3ccccc32)cc1. The van der Waals surface area contributed by atoms with E-state index in [1.165, 1.54) is 66.8 Å². The number of anilines is 3. The van der Waals surface area contributed by atoms with Crippen molar-refractivity contribution >= 4 is 17.1 Å². The molecule has 6 N–H and O–H groups in total. The maximum atomic E-state index is 6.00. The molecule has 2 aliphatic rings. The zero-order valence-electron chi connectivity index (χ0n) is 26.0. The average molecular weight is 606 g/mol. The van der Waals surface area contributed by atoms with Crippen molar-refractivity contribution in [2.24, 2.45) is 0 Å². The molecule has 0 aromatic heterocycles. The van der Waals surface area contributed by atoms with Gasteiger partial charge in [0.15, 0.2) is 0 Å². The Bertz CT molecular complexity index is 2140. The Hall–Kier alpha value is -6.06. The summed E-state index contributed by atoms with van der Waals surface area (Å²) in [6.45, 7) is 0. The summed E-state index contributed by atoms with van der Waals surface area (Å²) in [6.07, 6.45) is 1.02. The molecule has 0 amide bonds. The third kappa shape index (κ3) is 4.67. The Morgan fingerprint density at radius 3 is 1.34 bits per heavy atom. The minimum atomic E-state index is -0.380. The largest absolute Gasteiger partial charge is 0.399 e. The molecule has 0 saturated heterocycles. The molecule has 7 aromatic carbocycles. The third-order valence-corrected chi connectivity index (χ3v) is 9.71.